The number of carbonyl (C=O) groups is 2. The maximum atomic E-state index is 9.55. The Hall–Kier alpha value is -3.19. The molecule has 1 saturated heterocycles. The Bertz CT molecular complexity index is 838. The molecule has 1 aliphatic heterocycles. The number of nitrogens with zero attached hydrogens (tertiary/aromatic N) is 1. The van der Waals surface area contributed by atoms with Gasteiger partial charge in [-0.2, -0.15) is 0 Å². The van der Waals surface area contributed by atoms with Gasteiger partial charge in [0.25, 0.3) is 0 Å². The number of aliphatic carboxylic acids is 2. The van der Waals surface area contributed by atoms with Crippen molar-refractivity contribution in [3.05, 3.63) is 72.1 Å². The van der Waals surface area contributed by atoms with Gasteiger partial charge < -0.3 is 20.3 Å². The van der Waals surface area contributed by atoms with E-state index in [4.69, 9.17) is 14.9 Å². The second-order valence-corrected chi connectivity index (χ2v) is 7.29. The van der Waals surface area contributed by atoms with Crippen LogP contribution in [0.15, 0.2) is 60.8 Å². The summed E-state index contributed by atoms with van der Waals surface area (Å²) in [5.41, 5.74) is 2.51. The lowest BCUT2D eigenvalue weighted by atomic mass is 9.81. The average Bonchev–Trinajstić information content (AvgIpc) is 2.78. The number of hydrogen-bond acceptors (Lipinski definition) is 5. The maximum absolute atomic E-state index is 9.55. The predicted octanol–water partition coefficient (Wildman–Crippen LogP) is 3.52. The van der Waals surface area contributed by atoms with Gasteiger partial charge in [0, 0.05) is 30.8 Å². The zero-order valence-electron chi connectivity index (χ0n) is 17.7. The highest BCUT2D eigenvalue weighted by atomic mass is 16.5. The number of aryl methyl sites for hydroxylation is 1. The molecule has 2 heterocycles. The largest absolute Gasteiger partial charge is 0.491 e. The molecule has 0 spiro atoms. The molecule has 0 bridgehead atoms. The van der Waals surface area contributed by atoms with Gasteiger partial charge in [-0.1, -0.05) is 43.7 Å². The van der Waals surface area contributed by atoms with Gasteiger partial charge in [-0.05, 0) is 43.0 Å². The van der Waals surface area contributed by atoms with Crippen molar-refractivity contribution in [1.29, 1.82) is 0 Å². The SMILES string of the molecule is CCCc1ncccc1OC[C@@H]1CNCC[C@H]1c1ccccc1.O=C(O)/C=C/C(=O)O. The van der Waals surface area contributed by atoms with Crippen LogP contribution in [0.2, 0.25) is 0 Å². The van der Waals surface area contributed by atoms with E-state index >= 15 is 0 Å². The van der Waals surface area contributed by atoms with Crippen LogP contribution in [0.5, 0.6) is 5.75 Å². The molecular formula is C24H30N2O5. The van der Waals surface area contributed by atoms with Gasteiger partial charge in [-0.25, -0.2) is 9.59 Å². The number of rotatable bonds is 8. The summed E-state index contributed by atoms with van der Waals surface area (Å²) in [7, 11) is 0. The molecule has 7 heteroatoms. The first-order valence-electron chi connectivity index (χ1n) is 10.5. The summed E-state index contributed by atoms with van der Waals surface area (Å²) >= 11 is 0. The summed E-state index contributed by atoms with van der Waals surface area (Å²) in [5, 5.41) is 19.1. The maximum Gasteiger partial charge on any atom is 0.328 e. The summed E-state index contributed by atoms with van der Waals surface area (Å²) in [4.78, 5) is 23.6. The topological polar surface area (TPSA) is 109 Å². The van der Waals surface area contributed by atoms with Crippen LogP contribution in [0, 0.1) is 5.92 Å². The van der Waals surface area contributed by atoms with E-state index in [1.807, 2.05) is 18.3 Å². The van der Waals surface area contributed by atoms with Crippen molar-refractivity contribution in [2.45, 2.75) is 32.1 Å². The molecule has 0 aliphatic carbocycles. The minimum absolute atomic E-state index is 0.501. The minimum atomic E-state index is -1.26. The fraction of sp³-hybridized carbons (Fsp3) is 0.375. The number of piperidine rings is 1. The Morgan fingerprint density at radius 3 is 2.48 bits per heavy atom. The number of carboxylic acid groups (broad SMARTS) is 2. The number of aromatic nitrogens is 1. The highest BCUT2D eigenvalue weighted by molar-refractivity contribution is 5.89. The molecule has 3 rings (SSSR count). The van der Waals surface area contributed by atoms with Crippen molar-refractivity contribution in [2.75, 3.05) is 19.7 Å². The molecule has 1 fully saturated rings. The number of hydrogen-bond donors (Lipinski definition) is 3. The first-order valence-corrected chi connectivity index (χ1v) is 10.5. The van der Waals surface area contributed by atoms with E-state index in [0.29, 0.717) is 24.0 Å². The lowest BCUT2D eigenvalue weighted by molar-refractivity contribution is -0.134. The van der Waals surface area contributed by atoms with Crippen molar-refractivity contribution in [3.8, 4) is 5.75 Å². The van der Waals surface area contributed by atoms with Crippen LogP contribution in [0.25, 0.3) is 0 Å². The molecule has 0 saturated carbocycles. The van der Waals surface area contributed by atoms with Crippen LogP contribution in [-0.4, -0.2) is 46.8 Å². The molecule has 3 N–H and O–H groups in total. The lowest BCUT2D eigenvalue weighted by Crippen LogP contribution is -2.38. The predicted molar refractivity (Wildman–Crippen MR) is 118 cm³/mol. The zero-order chi connectivity index (χ0) is 22.5. The van der Waals surface area contributed by atoms with Crippen LogP contribution in [0.1, 0.15) is 36.9 Å². The molecule has 0 radical (unpaired) electrons. The quantitative estimate of drug-likeness (QED) is 0.554. The highest BCUT2D eigenvalue weighted by Crippen LogP contribution is 2.31. The molecular weight excluding hydrogens is 396 g/mol. The molecule has 31 heavy (non-hydrogen) atoms. The van der Waals surface area contributed by atoms with E-state index in [1.165, 1.54) is 12.0 Å². The van der Waals surface area contributed by atoms with Gasteiger partial charge in [-0.15, -0.1) is 0 Å². The van der Waals surface area contributed by atoms with E-state index in [2.05, 4.69) is 47.6 Å². The average molecular weight is 427 g/mol. The molecule has 1 aliphatic rings. The molecule has 1 aromatic heterocycles. The van der Waals surface area contributed by atoms with Crippen LogP contribution >= 0.6 is 0 Å². The van der Waals surface area contributed by atoms with Gasteiger partial charge in [-0.3, -0.25) is 4.98 Å². The van der Waals surface area contributed by atoms with Gasteiger partial charge >= 0.3 is 11.9 Å². The summed E-state index contributed by atoms with van der Waals surface area (Å²) in [6.45, 7) is 5.02. The van der Waals surface area contributed by atoms with Crippen LogP contribution in [0.4, 0.5) is 0 Å². The molecule has 0 unspecified atom stereocenters. The molecule has 2 atom stereocenters. The van der Waals surface area contributed by atoms with Crippen molar-refractivity contribution in [2.24, 2.45) is 5.92 Å². The lowest BCUT2D eigenvalue weighted by Gasteiger charge is -2.32. The van der Waals surface area contributed by atoms with Crippen LogP contribution in [-0.2, 0) is 16.0 Å². The number of ether oxygens (including phenoxy) is 1. The fourth-order valence-corrected chi connectivity index (χ4v) is 3.56. The number of carboxylic acids is 2. The van der Waals surface area contributed by atoms with E-state index in [0.717, 1.165) is 44.0 Å². The van der Waals surface area contributed by atoms with Gasteiger partial charge in [0.05, 0.1) is 12.3 Å². The number of nitrogens with one attached hydrogen (secondary N) is 1. The second kappa shape index (κ2) is 13.2. The molecule has 1 aromatic carbocycles. The zero-order valence-corrected chi connectivity index (χ0v) is 17.7. The third-order valence-electron chi connectivity index (χ3n) is 4.99. The second-order valence-electron chi connectivity index (χ2n) is 7.29. The molecule has 0 amide bonds. The van der Waals surface area contributed by atoms with Crippen LogP contribution in [0.3, 0.4) is 0 Å². The van der Waals surface area contributed by atoms with Gasteiger partial charge in [0.2, 0.25) is 0 Å². The molecule has 166 valence electrons. The van der Waals surface area contributed by atoms with E-state index in [-0.39, 0.29) is 0 Å². The monoisotopic (exact) mass is 426 g/mol. The minimum Gasteiger partial charge on any atom is -0.491 e. The van der Waals surface area contributed by atoms with Crippen molar-refractivity contribution in [3.63, 3.8) is 0 Å². The summed E-state index contributed by atoms with van der Waals surface area (Å²) in [6.07, 6.45) is 6.20. The highest BCUT2D eigenvalue weighted by Gasteiger charge is 2.27. The van der Waals surface area contributed by atoms with Gasteiger partial charge in [0.1, 0.15) is 5.75 Å². The first kappa shape index (κ1) is 24.1. The van der Waals surface area contributed by atoms with Crippen molar-refractivity contribution >= 4 is 11.9 Å². The third-order valence-corrected chi connectivity index (χ3v) is 4.99. The van der Waals surface area contributed by atoms with Gasteiger partial charge in [0.15, 0.2) is 0 Å². The standard InChI is InChI=1S/C20H26N2O.C4H4O4/c1-2-7-19-20(10-6-12-22-19)23-15-17-14-21-13-11-18(17)16-8-4-3-5-9-16;5-3(6)1-2-4(7)8/h3-6,8-10,12,17-18,21H,2,7,11,13-15H2,1H3;1-2H,(H,5,6)(H,7,8)/b;2-1+/t17-,18-;/m0./s1. The van der Waals surface area contributed by atoms with Crippen LogP contribution < -0.4 is 10.1 Å². The normalized spacial score (nSPS) is 18.1. The molecule has 2 aromatic rings. The van der Waals surface area contributed by atoms with Crippen molar-refractivity contribution < 1.29 is 24.5 Å². The Morgan fingerprint density at radius 2 is 1.84 bits per heavy atom. The summed E-state index contributed by atoms with van der Waals surface area (Å²) in [6, 6.07) is 14.9. The van der Waals surface area contributed by atoms with E-state index < -0.39 is 11.9 Å². The Kier molecular flexibility index (Phi) is 10.2. The summed E-state index contributed by atoms with van der Waals surface area (Å²) < 4.78 is 6.18. The Morgan fingerprint density at radius 1 is 1.13 bits per heavy atom. The number of benzene rings is 1. The third kappa shape index (κ3) is 8.60. The summed E-state index contributed by atoms with van der Waals surface area (Å²) in [5.74, 6) is -0.490. The number of pyridine rings is 1. The smallest absolute Gasteiger partial charge is 0.328 e. The van der Waals surface area contributed by atoms with Crippen molar-refractivity contribution in [1.82, 2.24) is 10.3 Å². The Labute approximate surface area is 182 Å². The molecule has 7 nitrogen and oxygen atoms in total. The fourth-order valence-electron chi connectivity index (χ4n) is 3.56. The first-order chi connectivity index (χ1) is 15.0. The van der Waals surface area contributed by atoms with E-state index in [9.17, 15) is 9.59 Å². The van der Waals surface area contributed by atoms with E-state index in [1.54, 1.807) is 0 Å². The Balaban J connectivity index is 0.000000366.